The Morgan fingerprint density at radius 2 is 1.86 bits per heavy atom. The van der Waals surface area contributed by atoms with Gasteiger partial charge in [-0.25, -0.2) is 14.6 Å². The number of unbranched alkanes of at least 4 members (excludes halogenated alkanes) is 4. The van der Waals surface area contributed by atoms with E-state index in [-0.39, 0.29) is 24.8 Å². The van der Waals surface area contributed by atoms with Crippen molar-refractivity contribution >= 4 is 30.2 Å². The van der Waals surface area contributed by atoms with Crippen LogP contribution in [0.3, 0.4) is 0 Å². The van der Waals surface area contributed by atoms with Gasteiger partial charge in [-0.05, 0) is 51.7 Å². The molecule has 0 spiro atoms. The van der Waals surface area contributed by atoms with Crippen molar-refractivity contribution in [3.05, 3.63) is 53.3 Å². The van der Waals surface area contributed by atoms with E-state index in [1.807, 2.05) is 32.1 Å². The molecule has 2 bridgehead atoms. The molecule has 2 N–H and O–H groups in total. The van der Waals surface area contributed by atoms with Crippen LogP contribution in [0.5, 0.6) is 0 Å². The van der Waals surface area contributed by atoms with Gasteiger partial charge >= 0.3 is 18.0 Å². The smallest absolute Gasteiger partial charge is 0.405 e. The highest BCUT2D eigenvalue weighted by Crippen LogP contribution is 2.39. The van der Waals surface area contributed by atoms with Crippen molar-refractivity contribution < 1.29 is 42.5 Å². The van der Waals surface area contributed by atoms with Crippen molar-refractivity contribution in [3.63, 3.8) is 0 Å². The second-order valence-electron chi connectivity index (χ2n) is 11.4. The Hall–Kier alpha value is -3.70. The summed E-state index contributed by atoms with van der Waals surface area (Å²) >= 11 is 0. The summed E-state index contributed by atoms with van der Waals surface area (Å²) in [7, 11) is 0. The molecule has 2 saturated heterocycles. The molecule has 6 unspecified atom stereocenters. The highest BCUT2D eigenvalue weighted by Gasteiger charge is 2.58. The van der Waals surface area contributed by atoms with Crippen LogP contribution >= 0.6 is 0 Å². The average Bonchev–Trinajstić information content (AvgIpc) is 3.89. The molecule has 44 heavy (non-hydrogen) atoms. The van der Waals surface area contributed by atoms with E-state index in [9.17, 15) is 14.4 Å². The fraction of sp³-hybridized carbons (Fsp3) is 0.576. The molecule has 4 heterocycles. The summed E-state index contributed by atoms with van der Waals surface area (Å²) in [4.78, 5) is 41.2. The molecule has 0 aromatic carbocycles. The Morgan fingerprint density at radius 1 is 1.07 bits per heavy atom. The minimum Gasteiger partial charge on any atom is -0.465 e. The van der Waals surface area contributed by atoms with Gasteiger partial charge in [-0.1, -0.05) is 62.5 Å². The summed E-state index contributed by atoms with van der Waals surface area (Å²) in [6.45, 7) is 6.23. The van der Waals surface area contributed by atoms with E-state index >= 15 is 0 Å². The Bertz CT molecular complexity index is 1260. The zero-order chi connectivity index (χ0) is 31.5. The predicted molar refractivity (Wildman–Crippen MR) is 162 cm³/mol. The van der Waals surface area contributed by atoms with E-state index in [0.717, 1.165) is 31.3 Å². The lowest BCUT2D eigenvalue weighted by Crippen LogP contribution is -2.44. The van der Waals surface area contributed by atoms with E-state index < -0.39 is 36.5 Å². The van der Waals surface area contributed by atoms with Gasteiger partial charge in [-0.2, -0.15) is 0 Å². The SMILES string of the molecule is CCCCCCCC(=O)OCC/C=C/C1OC1C1OC(=O)/C=C\C=C\c2nc(oc2C)/C=C(/C)CCC2OC2C1OC(N)=O. The van der Waals surface area contributed by atoms with Gasteiger partial charge in [0.05, 0.1) is 12.7 Å². The molecule has 1 amide bonds. The zero-order valence-corrected chi connectivity index (χ0v) is 25.8. The Morgan fingerprint density at radius 3 is 2.66 bits per heavy atom. The molecular formula is C33H44N2O9. The lowest BCUT2D eigenvalue weighted by Gasteiger charge is -2.24. The highest BCUT2D eigenvalue weighted by atomic mass is 16.7. The first-order valence-electron chi connectivity index (χ1n) is 15.5. The van der Waals surface area contributed by atoms with E-state index in [1.165, 1.54) is 18.6 Å². The van der Waals surface area contributed by atoms with Crippen molar-refractivity contribution in [3.8, 4) is 0 Å². The van der Waals surface area contributed by atoms with Crippen molar-refractivity contribution in [1.82, 2.24) is 4.98 Å². The molecule has 6 atom stereocenters. The fourth-order valence-electron chi connectivity index (χ4n) is 5.18. The number of allylic oxidation sites excluding steroid dienone is 3. The van der Waals surface area contributed by atoms with Crippen LogP contribution in [0.1, 0.15) is 89.0 Å². The van der Waals surface area contributed by atoms with Crippen LogP contribution in [0.25, 0.3) is 12.2 Å². The van der Waals surface area contributed by atoms with Crippen LogP contribution < -0.4 is 5.73 Å². The maximum absolute atomic E-state index is 12.8. The van der Waals surface area contributed by atoms with Gasteiger partial charge in [-0.3, -0.25) is 4.79 Å². The van der Waals surface area contributed by atoms with E-state index in [4.69, 9.17) is 33.8 Å². The zero-order valence-electron chi connectivity index (χ0n) is 25.8. The number of rotatable bonds is 12. The normalized spacial score (nSPS) is 29.4. The largest absolute Gasteiger partial charge is 0.465 e. The summed E-state index contributed by atoms with van der Waals surface area (Å²) in [5, 5.41) is 0. The predicted octanol–water partition coefficient (Wildman–Crippen LogP) is 5.51. The quantitative estimate of drug-likeness (QED) is 0.105. The Labute approximate surface area is 258 Å². The van der Waals surface area contributed by atoms with E-state index in [2.05, 4.69) is 11.9 Å². The third kappa shape index (κ3) is 10.5. The third-order valence-corrected chi connectivity index (χ3v) is 7.66. The maximum atomic E-state index is 12.8. The van der Waals surface area contributed by atoms with Gasteiger partial charge in [0.25, 0.3) is 0 Å². The summed E-state index contributed by atoms with van der Waals surface area (Å²) in [6.07, 6.45) is 14.8. The molecule has 4 rings (SSSR count). The number of esters is 2. The number of epoxide rings is 2. The lowest BCUT2D eigenvalue weighted by atomic mass is 10.00. The van der Waals surface area contributed by atoms with E-state index in [0.29, 0.717) is 43.0 Å². The lowest BCUT2D eigenvalue weighted by molar-refractivity contribution is -0.151. The third-order valence-electron chi connectivity index (χ3n) is 7.66. The molecule has 3 aliphatic heterocycles. The second kappa shape index (κ2) is 16.4. The van der Waals surface area contributed by atoms with E-state index in [1.54, 1.807) is 12.2 Å². The van der Waals surface area contributed by atoms with Gasteiger partial charge in [0, 0.05) is 12.5 Å². The highest BCUT2D eigenvalue weighted by molar-refractivity contribution is 5.82. The molecule has 0 radical (unpaired) electrons. The van der Waals surface area contributed by atoms with Crippen LogP contribution in [-0.4, -0.2) is 66.2 Å². The number of aryl methyl sites for hydroxylation is 1. The number of hydrogen-bond acceptors (Lipinski definition) is 10. The minimum absolute atomic E-state index is 0.191. The number of ether oxygens (including phenoxy) is 5. The number of cyclic esters (lactones) is 1. The van der Waals surface area contributed by atoms with Crippen LogP contribution in [0.4, 0.5) is 4.79 Å². The fourth-order valence-corrected chi connectivity index (χ4v) is 5.18. The molecule has 11 heteroatoms. The van der Waals surface area contributed by atoms with Crippen LogP contribution in [0, 0.1) is 6.92 Å². The molecule has 11 nitrogen and oxygen atoms in total. The Balaban J connectivity index is 1.38. The summed E-state index contributed by atoms with van der Waals surface area (Å²) in [5.74, 6) is 0.324. The van der Waals surface area contributed by atoms with Crippen molar-refractivity contribution in [1.29, 1.82) is 0 Å². The second-order valence-corrected chi connectivity index (χ2v) is 11.4. The Kier molecular flexibility index (Phi) is 12.4. The maximum Gasteiger partial charge on any atom is 0.405 e. The van der Waals surface area contributed by atoms with Crippen molar-refractivity contribution in [2.45, 2.75) is 115 Å². The first-order valence-corrected chi connectivity index (χ1v) is 15.5. The number of oxazole rings is 1. The van der Waals surface area contributed by atoms with Gasteiger partial charge in [-0.15, -0.1) is 0 Å². The number of aromatic nitrogens is 1. The standard InChI is InChI=1S/C33H44N2O9/c1-4-5-6-7-8-15-27(36)39-19-12-11-14-24-29(41-24)31-32(44-33(34)38)30-25(42-30)18-17-21(2)20-26-35-23(22(3)40-26)13-9-10-16-28(37)43-31/h9-11,13-14,16,20,24-25,29-32H,4-8,12,15,17-19H2,1-3H3,(H2,34,38)/b13-9+,14-11+,16-10-,21-20-. The van der Waals surface area contributed by atoms with Crippen molar-refractivity contribution in [2.24, 2.45) is 5.73 Å². The molecule has 0 saturated carbocycles. The summed E-state index contributed by atoms with van der Waals surface area (Å²) in [5.41, 5.74) is 7.11. The molecule has 1 aromatic heterocycles. The minimum atomic E-state index is -1.000. The number of nitrogens with two attached hydrogens (primary N) is 1. The number of primary amides is 1. The molecule has 240 valence electrons. The molecule has 0 aliphatic carbocycles. The van der Waals surface area contributed by atoms with Gasteiger partial charge in [0.2, 0.25) is 5.89 Å². The molecular weight excluding hydrogens is 568 g/mol. The number of nitrogens with zero attached hydrogens (tertiary/aromatic N) is 1. The molecule has 3 aliphatic rings. The summed E-state index contributed by atoms with van der Waals surface area (Å²) in [6, 6.07) is 0. The number of hydrogen-bond donors (Lipinski definition) is 1. The molecule has 2 fully saturated rings. The van der Waals surface area contributed by atoms with Gasteiger partial charge in [0.1, 0.15) is 29.8 Å². The van der Waals surface area contributed by atoms with Crippen LogP contribution in [-0.2, 0) is 33.3 Å². The van der Waals surface area contributed by atoms with Gasteiger partial charge < -0.3 is 33.8 Å². The van der Waals surface area contributed by atoms with Gasteiger partial charge in [0.15, 0.2) is 12.2 Å². The van der Waals surface area contributed by atoms with Crippen LogP contribution in [0.2, 0.25) is 0 Å². The first kappa shape index (κ1) is 33.2. The van der Waals surface area contributed by atoms with Crippen LogP contribution in [0.15, 0.2) is 40.4 Å². The number of carbonyl (C=O) groups is 3. The number of fused-ring (bicyclic) bond motifs is 3. The van der Waals surface area contributed by atoms with Crippen molar-refractivity contribution in [2.75, 3.05) is 6.61 Å². The molecule has 1 aromatic rings. The average molecular weight is 613 g/mol. The first-order chi connectivity index (χ1) is 21.2. The topological polar surface area (TPSA) is 156 Å². The number of carbonyl (C=O) groups excluding carboxylic acids is 3. The summed E-state index contributed by atoms with van der Waals surface area (Å²) < 4.78 is 34.0. The number of amides is 1. The monoisotopic (exact) mass is 612 g/mol.